The highest BCUT2D eigenvalue weighted by molar-refractivity contribution is 5.73. The first-order chi connectivity index (χ1) is 19.9. The van der Waals surface area contributed by atoms with E-state index in [0.29, 0.717) is 34.0 Å². The van der Waals surface area contributed by atoms with Gasteiger partial charge in [-0.25, -0.2) is 0 Å². The van der Waals surface area contributed by atoms with Crippen molar-refractivity contribution in [3.05, 3.63) is 12.2 Å². The summed E-state index contributed by atoms with van der Waals surface area (Å²) in [6.45, 7) is 24.0. The molecule has 0 spiro atoms. The van der Waals surface area contributed by atoms with Crippen LogP contribution in [0.2, 0.25) is 0 Å². The summed E-state index contributed by atoms with van der Waals surface area (Å²) in [5, 5.41) is 9.29. The predicted molar refractivity (Wildman–Crippen MR) is 173 cm³/mol. The Bertz CT molecular complexity index is 1130. The standard InChI is InChI=1S/C38H63NO4/c1-24(2)25-12-17-38(20-21-39)19-18-36(8)26(32(25)38)10-11-28-35(7)15-14-29(34(5,6)27(35)13-16-37(28,36)9)43-31(42)23-33(3,4)22-30(40)41/h25-29,32H,1,10-23,39H2,2-9H3,(H,40,41)/t25-,26?,27?,28?,29-,32?,35-,36+,37+,38+/m0/s1. The molecule has 5 aliphatic carbocycles. The van der Waals surface area contributed by atoms with E-state index in [1.54, 1.807) is 0 Å². The lowest BCUT2D eigenvalue weighted by Crippen LogP contribution is -2.66. The van der Waals surface area contributed by atoms with Crippen LogP contribution in [0.5, 0.6) is 0 Å². The van der Waals surface area contributed by atoms with Gasteiger partial charge in [-0.2, -0.15) is 0 Å². The number of rotatable bonds is 8. The maximum Gasteiger partial charge on any atom is 0.306 e. The second kappa shape index (κ2) is 10.9. The fraction of sp³-hybridized carbons (Fsp3) is 0.895. The summed E-state index contributed by atoms with van der Waals surface area (Å²) in [7, 11) is 0. The highest BCUT2D eigenvalue weighted by Gasteiger charge is 2.70. The fourth-order valence-corrected chi connectivity index (χ4v) is 13.2. The maximum atomic E-state index is 13.1. The Morgan fingerprint density at radius 3 is 2.21 bits per heavy atom. The lowest BCUT2D eigenvalue weighted by molar-refractivity contribution is -0.250. The number of esters is 1. The Balaban J connectivity index is 1.39. The Labute approximate surface area is 262 Å². The molecule has 43 heavy (non-hydrogen) atoms. The molecule has 0 aromatic heterocycles. The smallest absolute Gasteiger partial charge is 0.306 e. The molecule has 5 heteroatoms. The van der Waals surface area contributed by atoms with Crippen molar-refractivity contribution >= 4 is 11.9 Å². The summed E-state index contributed by atoms with van der Waals surface area (Å²) in [6.07, 6.45) is 13.6. The summed E-state index contributed by atoms with van der Waals surface area (Å²) in [5.74, 6) is 2.20. The molecule has 0 aromatic rings. The zero-order chi connectivity index (χ0) is 31.8. The van der Waals surface area contributed by atoms with Gasteiger partial charge in [0.25, 0.3) is 0 Å². The minimum absolute atomic E-state index is 0.0296. The third-order valence-electron chi connectivity index (χ3n) is 15.3. The van der Waals surface area contributed by atoms with Gasteiger partial charge < -0.3 is 15.6 Å². The van der Waals surface area contributed by atoms with Crippen molar-refractivity contribution in [3.8, 4) is 0 Å². The molecule has 0 heterocycles. The van der Waals surface area contributed by atoms with Crippen LogP contribution in [0.4, 0.5) is 0 Å². The molecule has 0 aromatic carbocycles. The summed E-state index contributed by atoms with van der Waals surface area (Å²) < 4.78 is 6.25. The number of carboxylic acid groups (broad SMARTS) is 1. The van der Waals surface area contributed by atoms with E-state index in [9.17, 15) is 14.7 Å². The molecule has 5 rings (SSSR count). The number of aliphatic carboxylic acids is 1. The number of allylic oxidation sites excluding steroid dienone is 1. The second-order valence-corrected chi connectivity index (χ2v) is 18.3. The number of hydrogen-bond acceptors (Lipinski definition) is 4. The molecular formula is C38H63NO4. The van der Waals surface area contributed by atoms with E-state index in [-0.39, 0.29) is 35.7 Å². The van der Waals surface area contributed by atoms with Gasteiger partial charge in [-0.05, 0) is 141 Å². The van der Waals surface area contributed by atoms with Crippen molar-refractivity contribution < 1.29 is 19.4 Å². The number of fused-ring (bicyclic) bond motifs is 7. The van der Waals surface area contributed by atoms with E-state index >= 15 is 0 Å². The monoisotopic (exact) mass is 597 g/mol. The highest BCUT2D eigenvalue weighted by atomic mass is 16.5. The first-order valence-corrected chi connectivity index (χ1v) is 17.6. The predicted octanol–water partition coefficient (Wildman–Crippen LogP) is 8.80. The molecular weight excluding hydrogens is 534 g/mol. The number of nitrogens with two attached hydrogens (primary N) is 1. The largest absolute Gasteiger partial charge is 0.481 e. The molecule has 0 aliphatic heterocycles. The first-order valence-electron chi connectivity index (χ1n) is 17.6. The fourth-order valence-electron chi connectivity index (χ4n) is 13.2. The van der Waals surface area contributed by atoms with Crippen LogP contribution >= 0.6 is 0 Å². The third-order valence-corrected chi connectivity index (χ3v) is 15.3. The summed E-state index contributed by atoms with van der Waals surface area (Å²) in [4.78, 5) is 24.4. The van der Waals surface area contributed by atoms with Crippen molar-refractivity contribution in [2.45, 2.75) is 145 Å². The molecule has 3 N–H and O–H groups in total. The van der Waals surface area contributed by atoms with E-state index in [4.69, 9.17) is 10.5 Å². The van der Waals surface area contributed by atoms with Crippen LogP contribution in [0.25, 0.3) is 0 Å². The summed E-state index contributed by atoms with van der Waals surface area (Å²) in [5.41, 5.74) is 8.24. The zero-order valence-electron chi connectivity index (χ0n) is 28.8. The minimum atomic E-state index is -0.869. The minimum Gasteiger partial charge on any atom is -0.481 e. The molecule has 0 amide bonds. The normalized spacial score (nSPS) is 45.2. The van der Waals surface area contributed by atoms with Crippen molar-refractivity contribution in [2.24, 2.45) is 67.8 Å². The van der Waals surface area contributed by atoms with E-state index < -0.39 is 11.4 Å². The number of carbonyl (C=O) groups is 2. The van der Waals surface area contributed by atoms with Gasteiger partial charge in [0.05, 0.1) is 12.8 Å². The molecule has 4 unspecified atom stereocenters. The molecule has 5 nitrogen and oxygen atoms in total. The molecule has 5 fully saturated rings. The molecule has 0 saturated heterocycles. The third kappa shape index (κ3) is 5.05. The van der Waals surface area contributed by atoms with Gasteiger partial charge in [-0.15, -0.1) is 0 Å². The van der Waals surface area contributed by atoms with E-state index in [2.05, 4.69) is 48.1 Å². The van der Waals surface area contributed by atoms with E-state index in [1.165, 1.54) is 63.4 Å². The van der Waals surface area contributed by atoms with Crippen LogP contribution in [0, 0.1) is 62.1 Å². The molecule has 0 radical (unpaired) electrons. The van der Waals surface area contributed by atoms with Gasteiger partial charge in [0.1, 0.15) is 6.10 Å². The van der Waals surface area contributed by atoms with Crippen molar-refractivity contribution in [1.82, 2.24) is 0 Å². The van der Waals surface area contributed by atoms with Crippen LogP contribution in [0.3, 0.4) is 0 Å². The topological polar surface area (TPSA) is 89.6 Å². The van der Waals surface area contributed by atoms with Gasteiger partial charge in [-0.1, -0.05) is 60.6 Å². The Kier molecular flexibility index (Phi) is 8.35. The maximum absolute atomic E-state index is 13.1. The van der Waals surface area contributed by atoms with Crippen molar-refractivity contribution in [2.75, 3.05) is 6.54 Å². The van der Waals surface area contributed by atoms with Crippen LogP contribution in [-0.2, 0) is 14.3 Å². The second-order valence-electron chi connectivity index (χ2n) is 18.3. The number of carboxylic acids is 1. The average Bonchev–Trinajstić information content (AvgIpc) is 3.25. The molecule has 10 atom stereocenters. The Hall–Kier alpha value is -1.36. The van der Waals surface area contributed by atoms with Crippen LogP contribution in [0.1, 0.15) is 139 Å². The van der Waals surface area contributed by atoms with Crippen LogP contribution < -0.4 is 5.73 Å². The van der Waals surface area contributed by atoms with Gasteiger partial charge in [0.2, 0.25) is 0 Å². The van der Waals surface area contributed by atoms with Gasteiger partial charge in [-0.3, -0.25) is 9.59 Å². The van der Waals surface area contributed by atoms with E-state index in [0.717, 1.165) is 31.2 Å². The van der Waals surface area contributed by atoms with Gasteiger partial charge in [0, 0.05) is 5.41 Å². The molecule has 5 saturated carbocycles. The average molecular weight is 598 g/mol. The van der Waals surface area contributed by atoms with Gasteiger partial charge >= 0.3 is 11.9 Å². The van der Waals surface area contributed by atoms with Gasteiger partial charge in [0.15, 0.2) is 0 Å². The summed E-state index contributed by atoms with van der Waals surface area (Å²) in [6, 6.07) is 0. The lowest BCUT2D eigenvalue weighted by atomic mass is 9.32. The Morgan fingerprint density at radius 1 is 0.884 bits per heavy atom. The summed E-state index contributed by atoms with van der Waals surface area (Å²) >= 11 is 0. The van der Waals surface area contributed by atoms with Crippen molar-refractivity contribution in [1.29, 1.82) is 0 Å². The van der Waals surface area contributed by atoms with Crippen LogP contribution in [-0.4, -0.2) is 29.7 Å². The van der Waals surface area contributed by atoms with Crippen molar-refractivity contribution in [3.63, 3.8) is 0 Å². The lowest BCUT2D eigenvalue weighted by Gasteiger charge is -2.73. The first kappa shape index (κ1) is 33.0. The SMILES string of the molecule is C=C(C)[C@@H]1CC[C@]2(CCN)CC[C@]3(C)C(CCC4[C@@]5(C)CC[C@H](OC(=O)CC(C)(C)CC(=O)O)C(C)(C)C5CC[C@]43C)C12. The quantitative estimate of drug-likeness (QED) is 0.216. The molecule has 5 aliphatic rings. The Morgan fingerprint density at radius 2 is 1.58 bits per heavy atom. The van der Waals surface area contributed by atoms with E-state index in [1.807, 2.05) is 13.8 Å². The zero-order valence-corrected chi connectivity index (χ0v) is 28.8. The highest BCUT2D eigenvalue weighted by Crippen LogP contribution is 2.78. The van der Waals surface area contributed by atoms with Crippen LogP contribution in [0.15, 0.2) is 12.2 Å². The molecule has 0 bridgehead atoms. The number of ether oxygens (including phenoxy) is 1. The number of carbonyl (C=O) groups excluding carboxylic acids is 1. The number of hydrogen-bond donors (Lipinski definition) is 2. The molecule has 244 valence electrons.